The minimum absolute atomic E-state index is 0.0104. The van der Waals surface area contributed by atoms with Gasteiger partial charge in [-0.1, -0.05) is 12.1 Å². The van der Waals surface area contributed by atoms with Crippen molar-refractivity contribution in [2.24, 2.45) is 5.92 Å². The number of nitrogens with one attached hydrogen (secondary N) is 1. The second-order valence-corrected chi connectivity index (χ2v) is 4.43. The van der Waals surface area contributed by atoms with Crippen LogP contribution >= 0.6 is 0 Å². The quantitative estimate of drug-likeness (QED) is 0.775. The molecule has 0 aliphatic carbocycles. The zero-order valence-corrected chi connectivity index (χ0v) is 9.98. The second kappa shape index (κ2) is 5.19. The van der Waals surface area contributed by atoms with Gasteiger partial charge in [-0.05, 0) is 31.0 Å². The van der Waals surface area contributed by atoms with E-state index in [0.29, 0.717) is 13.2 Å². The van der Waals surface area contributed by atoms with Gasteiger partial charge in [0, 0.05) is 18.8 Å². The molecule has 2 atom stereocenters. The number of ether oxygens (including phenoxy) is 1. The molecule has 92 valence electrons. The van der Waals surface area contributed by atoms with E-state index < -0.39 is 0 Å². The zero-order valence-electron chi connectivity index (χ0n) is 9.98. The van der Waals surface area contributed by atoms with Crippen LogP contribution < -0.4 is 11.1 Å². The Kier molecular flexibility index (Phi) is 3.64. The van der Waals surface area contributed by atoms with Gasteiger partial charge in [-0.3, -0.25) is 4.79 Å². The maximum absolute atomic E-state index is 11.9. The number of nitrogen functional groups attached to an aromatic ring is 1. The van der Waals surface area contributed by atoms with E-state index in [1.807, 2.05) is 31.2 Å². The topological polar surface area (TPSA) is 64.3 Å². The fourth-order valence-corrected chi connectivity index (χ4v) is 2.03. The lowest BCUT2D eigenvalue weighted by Gasteiger charge is -2.14. The maximum atomic E-state index is 11.9. The highest BCUT2D eigenvalue weighted by molar-refractivity contribution is 5.79. The van der Waals surface area contributed by atoms with Crippen molar-refractivity contribution < 1.29 is 9.53 Å². The summed E-state index contributed by atoms with van der Waals surface area (Å²) in [6, 6.07) is 7.51. The van der Waals surface area contributed by atoms with Crippen molar-refractivity contribution in [3.05, 3.63) is 29.8 Å². The molecule has 0 spiro atoms. The monoisotopic (exact) mass is 234 g/mol. The van der Waals surface area contributed by atoms with Crippen LogP contribution in [0.25, 0.3) is 0 Å². The lowest BCUT2D eigenvalue weighted by Crippen LogP contribution is -2.33. The van der Waals surface area contributed by atoms with Crippen LogP contribution in [0.3, 0.4) is 0 Å². The Morgan fingerprint density at radius 2 is 2.18 bits per heavy atom. The van der Waals surface area contributed by atoms with Gasteiger partial charge in [0.05, 0.1) is 12.0 Å². The molecular weight excluding hydrogens is 216 g/mol. The lowest BCUT2D eigenvalue weighted by atomic mass is 10.0. The van der Waals surface area contributed by atoms with E-state index in [2.05, 4.69) is 5.32 Å². The zero-order chi connectivity index (χ0) is 12.3. The van der Waals surface area contributed by atoms with Crippen LogP contribution in [0.1, 0.15) is 18.9 Å². The van der Waals surface area contributed by atoms with E-state index in [9.17, 15) is 4.79 Å². The van der Waals surface area contributed by atoms with Crippen molar-refractivity contribution in [2.75, 3.05) is 12.3 Å². The normalized spacial score (nSPS) is 23.6. The van der Waals surface area contributed by atoms with Crippen molar-refractivity contribution in [1.29, 1.82) is 0 Å². The first-order chi connectivity index (χ1) is 8.16. The highest BCUT2D eigenvalue weighted by atomic mass is 16.5. The van der Waals surface area contributed by atoms with Crippen LogP contribution in [0, 0.1) is 5.92 Å². The first-order valence-corrected chi connectivity index (χ1v) is 5.90. The first kappa shape index (κ1) is 11.9. The fraction of sp³-hybridized carbons (Fsp3) is 0.462. The number of amides is 1. The number of hydrogen-bond acceptors (Lipinski definition) is 3. The summed E-state index contributed by atoms with van der Waals surface area (Å²) < 4.78 is 5.38. The highest BCUT2D eigenvalue weighted by Gasteiger charge is 2.30. The van der Waals surface area contributed by atoms with Crippen molar-refractivity contribution in [2.45, 2.75) is 26.0 Å². The first-order valence-electron chi connectivity index (χ1n) is 5.90. The number of carbonyl (C=O) groups excluding carboxylic acids is 1. The number of nitrogens with two attached hydrogens (primary N) is 1. The average Bonchev–Trinajstić information content (AvgIpc) is 2.74. The summed E-state index contributed by atoms with van der Waals surface area (Å²) in [6.45, 7) is 3.17. The molecule has 2 rings (SSSR count). The summed E-state index contributed by atoms with van der Waals surface area (Å²) in [4.78, 5) is 11.9. The summed E-state index contributed by atoms with van der Waals surface area (Å²) in [5.74, 6) is 0.0654. The van der Waals surface area contributed by atoms with Crippen molar-refractivity contribution in [3.63, 3.8) is 0 Å². The van der Waals surface area contributed by atoms with Gasteiger partial charge in [-0.15, -0.1) is 0 Å². The largest absolute Gasteiger partial charge is 0.399 e. The van der Waals surface area contributed by atoms with Gasteiger partial charge in [0.1, 0.15) is 0 Å². The molecule has 0 aromatic heterocycles. The maximum Gasteiger partial charge on any atom is 0.226 e. The van der Waals surface area contributed by atoms with E-state index in [-0.39, 0.29) is 17.9 Å². The third-order valence-electron chi connectivity index (χ3n) is 3.16. The minimum Gasteiger partial charge on any atom is -0.399 e. The van der Waals surface area contributed by atoms with Crippen LogP contribution in [0.2, 0.25) is 0 Å². The molecule has 1 heterocycles. The number of benzene rings is 1. The Hall–Kier alpha value is -1.55. The van der Waals surface area contributed by atoms with Crippen molar-refractivity contribution in [1.82, 2.24) is 5.32 Å². The summed E-state index contributed by atoms with van der Waals surface area (Å²) in [6.07, 6.45) is 0.843. The van der Waals surface area contributed by atoms with E-state index in [4.69, 9.17) is 10.5 Å². The predicted octanol–water partition coefficient (Wildman–Crippen LogP) is 1.31. The van der Waals surface area contributed by atoms with Crippen LogP contribution in [0.4, 0.5) is 5.69 Å². The van der Waals surface area contributed by atoms with Gasteiger partial charge in [0.15, 0.2) is 0 Å². The van der Waals surface area contributed by atoms with E-state index in [0.717, 1.165) is 17.7 Å². The van der Waals surface area contributed by atoms with Gasteiger partial charge in [0.2, 0.25) is 5.91 Å². The van der Waals surface area contributed by atoms with Gasteiger partial charge < -0.3 is 15.8 Å². The van der Waals surface area contributed by atoms with E-state index in [1.54, 1.807) is 0 Å². The Bertz CT molecular complexity index is 389. The van der Waals surface area contributed by atoms with Crippen molar-refractivity contribution >= 4 is 11.6 Å². The van der Waals surface area contributed by atoms with Crippen LogP contribution in [0.15, 0.2) is 24.3 Å². The molecule has 0 radical (unpaired) electrons. The molecule has 1 aromatic carbocycles. The molecule has 1 amide bonds. The predicted molar refractivity (Wildman–Crippen MR) is 66.2 cm³/mol. The minimum atomic E-state index is -0.0104. The molecule has 1 aliphatic rings. The van der Waals surface area contributed by atoms with Crippen LogP contribution in [-0.2, 0) is 16.1 Å². The highest BCUT2D eigenvalue weighted by Crippen LogP contribution is 2.20. The molecule has 1 saturated heterocycles. The second-order valence-electron chi connectivity index (χ2n) is 4.43. The smallest absolute Gasteiger partial charge is 0.226 e. The molecule has 4 heteroatoms. The molecule has 2 unspecified atom stereocenters. The summed E-state index contributed by atoms with van der Waals surface area (Å²) in [5, 5.41) is 2.93. The standard InChI is InChI=1S/C13H18N2O2/c1-9-12(6-7-17-9)13(16)15-8-10-2-4-11(14)5-3-10/h2-5,9,12H,6-8,14H2,1H3,(H,15,16). The molecular formula is C13H18N2O2. The number of carbonyl (C=O) groups is 1. The number of hydrogen-bond donors (Lipinski definition) is 2. The molecule has 1 aromatic rings. The molecule has 1 fully saturated rings. The summed E-state index contributed by atoms with van der Waals surface area (Å²) in [5.41, 5.74) is 7.39. The Morgan fingerprint density at radius 3 is 2.76 bits per heavy atom. The third kappa shape index (κ3) is 2.97. The van der Waals surface area contributed by atoms with E-state index >= 15 is 0 Å². The lowest BCUT2D eigenvalue weighted by molar-refractivity contribution is -0.126. The molecule has 4 nitrogen and oxygen atoms in total. The van der Waals surface area contributed by atoms with Gasteiger partial charge in [0.25, 0.3) is 0 Å². The third-order valence-corrected chi connectivity index (χ3v) is 3.16. The summed E-state index contributed by atoms with van der Waals surface area (Å²) in [7, 11) is 0. The van der Waals surface area contributed by atoms with E-state index in [1.165, 1.54) is 0 Å². The van der Waals surface area contributed by atoms with Crippen LogP contribution in [-0.4, -0.2) is 18.6 Å². The molecule has 0 bridgehead atoms. The Morgan fingerprint density at radius 1 is 1.47 bits per heavy atom. The van der Waals surface area contributed by atoms with Crippen LogP contribution in [0.5, 0.6) is 0 Å². The molecule has 3 N–H and O–H groups in total. The van der Waals surface area contributed by atoms with Gasteiger partial charge in [-0.2, -0.15) is 0 Å². The molecule has 17 heavy (non-hydrogen) atoms. The van der Waals surface area contributed by atoms with Crippen molar-refractivity contribution in [3.8, 4) is 0 Å². The SMILES string of the molecule is CC1OCCC1C(=O)NCc1ccc(N)cc1. The molecule has 0 saturated carbocycles. The number of anilines is 1. The van der Waals surface area contributed by atoms with Gasteiger partial charge in [-0.25, -0.2) is 0 Å². The summed E-state index contributed by atoms with van der Waals surface area (Å²) >= 11 is 0. The van der Waals surface area contributed by atoms with Gasteiger partial charge >= 0.3 is 0 Å². The molecule has 1 aliphatic heterocycles. The fourth-order valence-electron chi connectivity index (χ4n) is 2.03. The number of rotatable bonds is 3. The Labute approximate surface area is 101 Å². The Balaban J connectivity index is 1.85. The average molecular weight is 234 g/mol.